The Kier molecular flexibility index (Phi) is 5.29. The summed E-state index contributed by atoms with van der Waals surface area (Å²) in [5.74, 6) is 0.939. The monoisotopic (exact) mass is 255 g/mol. The van der Waals surface area contributed by atoms with E-state index in [0.717, 1.165) is 18.8 Å². The van der Waals surface area contributed by atoms with E-state index in [1.165, 1.54) is 24.8 Å². The third kappa shape index (κ3) is 3.90. The third-order valence-electron chi connectivity index (χ3n) is 3.58. The average Bonchev–Trinajstić information content (AvgIpc) is 2.27. The maximum Gasteiger partial charge on any atom is 0.119 e. The van der Waals surface area contributed by atoms with Crippen molar-refractivity contribution in [3.05, 3.63) is 29.8 Å². The summed E-state index contributed by atoms with van der Waals surface area (Å²) in [6.45, 7) is 4.44. The molecular formula is C14H22ClNO. The van der Waals surface area contributed by atoms with Gasteiger partial charge in [-0.05, 0) is 36.0 Å². The molecule has 0 unspecified atom stereocenters. The van der Waals surface area contributed by atoms with Crippen molar-refractivity contribution in [2.75, 3.05) is 13.7 Å². The van der Waals surface area contributed by atoms with Gasteiger partial charge in [0.2, 0.25) is 0 Å². The zero-order valence-electron chi connectivity index (χ0n) is 10.7. The largest absolute Gasteiger partial charge is 0.497 e. The van der Waals surface area contributed by atoms with Crippen LogP contribution in [0.3, 0.4) is 0 Å². The van der Waals surface area contributed by atoms with Gasteiger partial charge < -0.3 is 10.1 Å². The minimum absolute atomic E-state index is 0. The predicted octanol–water partition coefficient (Wildman–Crippen LogP) is 3.40. The molecule has 2 rings (SSSR count). The number of rotatable bonds is 5. The zero-order valence-corrected chi connectivity index (χ0v) is 11.5. The summed E-state index contributed by atoms with van der Waals surface area (Å²) < 4.78 is 5.21. The molecule has 3 heteroatoms. The van der Waals surface area contributed by atoms with Crippen molar-refractivity contribution in [1.82, 2.24) is 5.32 Å². The van der Waals surface area contributed by atoms with Crippen LogP contribution in [0.15, 0.2) is 24.3 Å². The molecule has 0 saturated heterocycles. The molecule has 1 aromatic rings. The maximum atomic E-state index is 5.21. The van der Waals surface area contributed by atoms with Crippen molar-refractivity contribution in [3.63, 3.8) is 0 Å². The molecular weight excluding hydrogens is 234 g/mol. The second-order valence-electron chi connectivity index (χ2n) is 5.12. The fourth-order valence-corrected chi connectivity index (χ4v) is 2.25. The van der Waals surface area contributed by atoms with Crippen molar-refractivity contribution in [2.24, 2.45) is 5.41 Å². The standard InChI is InChI=1S/C14H21NO.ClH/c1-14(7-4-8-14)11-15-10-12-5-3-6-13(9-12)16-2;/h3,5-6,9,15H,4,7-8,10-11H2,1-2H3;1H. The van der Waals surface area contributed by atoms with Crippen LogP contribution >= 0.6 is 12.4 Å². The molecule has 0 aliphatic heterocycles. The van der Waals surface area contributed by atoms with Gasteiger partial charge in [-0.2, -0.15) is 0 Å². The summed E-state index contributed by atoms with van der Waals surface area (Å²) in [5, 5.41) is 3.54. The highest BCUT2D eigenvalue weighted by atomic mass is 35.5. The summed E-state index contributed by atoms with van der Waals surface area (Å²) in [7, 11) is 1.71. The van der Waals surface area contributed by atoms with Crippen molar-refractivity contribution in [3.8, 4) is 5.75 Å². The lowest BCUT2D eigenvalue weighted by atomic mass is 9.70. The Labute approximate surface area is 110 Å². The molecule has 0 heterocycles. The quantitative estimate of drug-likeness (QED) is 0.871. The highest BCUT2D eigenvalue weighted by Crippen LogP contribution is 2.39. The first kappa shape index (κ1) is 14.3. The van der Waals surface area contributed by atoms with Gasteiger partial charge in [0.15, 0.2) is 0 Å². The van der Waals surface area contributed by atoms with Crippen LogP contribution < -0.4 is 10.1 Å². The molecule has 0 amide bonds. The van der Waals surface area contributed by atoms with Crippen LogP contribution in [-0.2, 0) is 6.54 Å². The molecule has 0 bridgehead atoms. The van der Waals surface area contributed by atoms with Gasteiger partial charge >= 0.3 is 0 Å². The molecule has 0 radical (unpaired) electrons. The lowest BCUT2D eigenvalue weighted by Crippen LogP contribution is -2.36. The Balaban J connectivity index is 0.00000144. The number of hydrogen-bond acceptors (Lipinski definition) is 2. The number of ether oxygens (including phenoxy) is 1. The highest BCUT2D eigenvalue weighted by Gasteiger charge is 2.30. The summed E-state index contributed by atoms with van der Waals surface area (Å²) in [5.41, 5.74) is 1.85. The van der Waals surface area contributed by atoms with E-state index in [1.807, 2.05) is 12.1 Å². The molecule has 1 aliphatic rings. The molecule has 0 spiro atoms. The summed E-state index contributed by atoms with van der Waals surface area (Å²) in [6.07, 6.45) is 4.15. The number of nitrogens with one attached hydrogen (secondary N) is 1. The fraction of sp³-hybridized carbons (Fsp3) is 0.571. The van der Waals surface area contributed by atoms with E-state index in [-0.39, 0.29) is 12.4 Å². The van der Waals surface area contributed by atoms with Crippen LogP contribution in [0.5, 0.6) is 5.75 Å². The van der Waals surface area contributed by atoms with Crippen LogP contribution in [0, 0.1) is 5.41 Å². The minimum atomic E-state index is 0. The first-order chi connectivity index (χ1) is 7.72. The van der Waals surface area contributed by atoms with Crippen LogP contribution in [0.4, 0.5) is 0 Å². The third-order valence-corrected chi connectivity index (χ3v) is 3.58. The van der Waals surface area contributed by atoms with Gasteiger partial charge in [0.1, 0.15) is 5.75 Å². The summed E-state index contributed by atoms with van der Waals surface area (Å²) >= 11 is 0. The van der Waals surface area contributed by atoms with Gasteiger partial charge in [0.25, 0.3) is 0 Å². The molecule has 0 aromatic heterocycles. The van der Waals surface area contributed by atoms with E-state index >= 15 is 0 Å². The topological polar surface area (TPSA) is 21.3 Å². The van der Waals surface area contributed by atoms with Crippen LogP contribution in [-0.4, -0.2) is 13.7 Å². The van der Waals surface area contributed by atoms with E-state index in [1.54, 1.807) is 7.11 Å². The first-order valence-electron chi connectivity index (χ1n) is 6.06. The molecule has 1 fully saturated rings. The Morgan fingerprint density at radius 3 is 2.71 bits per heavy atom. The number of methoxy groups -OCH3 is 1. The minimum Gasteiger partial charge on any atom is -0.497 e. The van der Waals surface area contributed by atoms with Gasteiger partial charge in [-0.25, -0.2) is 0 Å². The van der Waals surface area contributed by atoms with E-state index in [4.69, 9.17) is 4.74 Å². The average molecular weight is 256 g/mol. The lowest BCUT2D eigenvalue weighted by molar-refractivity contribution is 0.156. The second kappa shape index (κ2) is 6.27. The molecule has 2 nitrogen and oxygen atoms in total. The van der Waals surface area contributed by atoms with Crippen molar-refractivity contribution < 1.29 is 4.74 Å². The Morgan fingerprint density at radius 1 is 1.35 bits per heavy atom. The highest BCUT2D eigenvalue weighted by molar-refractivity contribution is 5.85. The van der Waals surface area contributed by atoms with Crippen LogP contribution in [0.2, 0.25) is 0 Å². The Morgan fingerprint density at radius 2 is 2.12 bits per heavy atom. The number of halogens is 1. The van der Waals surface area contributed by atoms with Crippen molar-refractivity contribution >= 4 is 12.4 Å². The van der Waals surface area contributed by atoms with Gasteiger partial charge in [-0.1, -0.05) is 25.5 Å². The van der Waals surface area contributed by atoms with Crippen LogP contribution in [0.1, 0.15) is 31.7 Å². The van der Waals surface area contributed by atoms with Crippen molar-refractivity contribution in [2.45, 2.75) is 32.7 Å². The molecule has 1 saturated carbocycles. The predicted molar refractivity (Wildman–Crippen MR) is 73.9 cm³/mol. The van der Waals surface area contributed by atoms with E-state index < -0.39 is 0 Å². The van der Waals surface area contributed by atoms with Gasteiger partial charge in [-0.15, -0.1) is 12.4 Å². The SMILES string of the molecule is COc1cccc(CNCC2(C)CCC2)c1.Cl. The molecule has 1 aromatic carbocycles. The maximum absolute atomic E-state index is 5.21. The van der Waals surface area contributed by atoms with Crippen molar-refractivity contribution in [1.29, 1.82) is 0 Å². The van der Waals surface area contributed by atoms with E-state index in [2.05, 4.69) is 24.4 Å². The normalized spacial score (nSPS) is 16.8. The van der Waals surface area contributed by atoms with Gasteiger partial charge in [0.05, 0.1) is 7.11 Å². The number of benzene rings is 1. The summed E-state index contributed by atoms with van der Waals surface area (Å²) in [4.78, 5) is 0. The fourth-order valence-electron chi connectivity index (χ4n) is 2.25. The Bertz CT molecular complexity index is 350. The van der Waals surface area contributed by atoms with Gasteiger partial charge in [0, 0.05) is 13.1 Å². The first-order valence-corrected chi connectivity index (χ1v) is 6.06. The smallest absolute Gasteiger partial charge is 0.119 e. The van der Waals surface area contributed by atoms with E-state index in [0.29, 0.717) is 5.41 Å². The second-order valence-corrected chi connectivity index (χ2v) is 5.12. The van der Waals surface area contributed by atoms with Gasteiger partial charge in [-0.3, -0.25) is 0 Å². The molecule has 1 N–H and O–H groups in total. The molecule has 1 aliphatic carbocycles. The molecule has 0 atom stereocenters. The lowest BCUT2D eigenvalue weighted by Gasteiger charge is -2.38. The zero-order chi connectivity index (χ0) is 11.4. The molecule has 17 heavy (non-hydrogen) atoms. The Hall–Kier alpha value is -0.730. The van der Waals surface area contributed by atoms with Crippen LogP contribution in [0.25, 0.3) is 0 Å². The number of hydrogen-bond donors (Lipinski definition) is 1. The molecule has 96 valence electrons. The van der Waals surface area contributed by atoms with E-state index in [9.17, 15) is 0 Å². The summed E-state index contributed by atoms with van der Waals surface area (Å²) in [6, 6.07) is 8.26.